The number of ether oxygens (including phenoxy) is 1. The molecule has 0 bridgehead atoms. The molecule has 0 amide bonds. The molecule has 2 rings (SSSR count). The summed E-state index contributed by atoms with van der Waals surface area (Å²) in [6, 6.07) is 1.09. The van der Waals surface area contributed by atoms with Crippen molar-refractivity contribution in [1.29, 1.82) is 0 Å². The first kappa shape index (κ1) is 30.1. The Balaban J connectivity index is 0.000000553. The number of nitrogens with one attached hydrogen (secondary N) is 1. The van der Waals surface area contributed by atoms with Crippen LogP contribution < -0.4 is 16.4 Å². The normalized spacial score (nSPS) is 23.9. The fraction of sp³-hybridized carbons (Fsp3) is 0.647. The molecule has 1 saturated heterocycles. The molecule has 0 saturated carbocycles. The van der Waals surface area contributed by atoms with E-state index in [4.69, 9.17) is 24.7 Å². The lowest BCUT2D eigenvalue weighted by atomic mass is 10.1. The van der Waals surface area contributed by atoms with Crippen LogP contribution in [0, 0.1) is 0 Å². The Hall–Kier alpha value is -1.87. The molecule has 1 aliphatic rings. The summed E-state index contributed by atoms with van der Waals surface area (Å²) in [5.41, 5.74) is -1.33. The lowest BCUT2D eigenvalue weighted by molar-refractivity contribution is -0.872. The van der Waals surface area contributed by atoms with E-state index in [1.165, 1.54) is 6.92 Å². The lowest BCUT2D eigenvalue weighted by Crippen LogP contribution is -2.41. The van der Waals surface area contributed by atoms with Crippen LogP contribution in [0.25, 0.3) is 0 Å². The first-order valence-corrected chi connectivity index (χ1v) is 10.9. The van der Waals surface area contributed by atoms with Crippen molar-refractivity contribution >= 4 is 7.60 Å². The summed E-state index contributed by atoms with van der Waals surface area (Å²) in [6.45, 7) is 3.98. The van der Waals surface area contributed by atoms with Crippen molar-refractivity contribution in [2.24, 2.45) is 0 Å². The van der Waals surface area contributed by atoms with Crippen molar-refractivity contribution < 1.29 is 49.1 Å². The summed E-state index contributed by atoms with van der Waals surface area (Å²) in [5.74, 6) is -1.64. The number of aliphatic hydroxyl groups excluding tert-OH is 4. The van der Waals surface area contributed by atoms with E-state index in [1.807, 2.05) is 4.98 Å². The van der Waals surface area contributed by atoms with E-state index < -0.39 is 55.8 Å². The molecule has 32 heavy (non-hydrogen) atoms. The van der Waals surface area contributed by atoms with Gasteiger partial charge in [0.1, 0.15) is 24.9 Å². The third kappa shape index (κ3) is 10.6. The average molecular weight is 485 g/mol. The maximum absolute atomic E-state index is 11.4. The van der Waals surface area contributed by atoms with E-state index >= 15 is 0 Å². The SMILES string of the molecule is C=C(C)[O-].C[N+](C)(C)CC(O)P(=O)(O)O.O=c1ccn([C@@H]2O[C@H](CO)[C@@H](O)[C@H]2O)c(=O)[nH]1. The van der Waals surface area contributed by atoms with Gasteiger partial charge in [-0.1, -0.05) is 6.92 Å². The van der Waals surface area contributed by atoms with Gasteiger partial charge in [-0.05, 0) is 0 Å². The zero-order valence-corrected chi connectivity index (χ0v) is 19.1. The van der Waals surface area contributed by atoms with Crippen LogP contribution in [0.15, 0.2) is 34.2 Å². The third-order valence-electron chi connectivity index (χ3n) is 3.74. The van der Waals surface area contributed by atoms with Crippen molar-refractivity contribution in [1.82, 2.24) is 9.55 Å². The van der Waals surface area contributed by atoms with Gasteiger partial charge in [-0.3, -0.25) is 18.9 Å². The molecule has 7 N–H and O–H groups in total. The number of hydrogen-bond acceptors (Lipinski definition) is 9. The lowest BCUT2D eigenvalue weighted by Gasteiger charge is -2.26. The van der Waals surface area contributed by atoms with Crippen LogP contribution in [0.5, 0.6) is 0 Å². The molecule has 2 heterocycles. The van der Waals surface area contributed by atoms with Gasteiger partial charge in [0, 0.05) is 12.3 Å². The molecule has 0 aliphatic carbocycles. The second-order valence-corrected chi connectivity index (χ2v) is 9.77. The molecule has 1 unspecified atom stereocenters. The standard InChI is InChI=1S/C9H12N2O6.C5H14NO4P.C3H6O/c12-3-4-6(14)7(15)8(17-4)11-2-1-5(13)10-9(11)16;1-6(2,3)4-5(7)11(8,9)10;1-3(2)4/h1-2,4,6-8,12,14-15H,3H2,(H,10,13,16);5,7H,4H2,1-3H3,(H-,8,9,10);4H,1H2,2H3/t4-,6-,7-,8-;;/m1../s1. The Bertz CT molecular complexity index is 885. The molecule has 1 aromatic rings. The number of quaternary nitrogens is 1. The van der Waals surface area contributed by atoms with Gasteiger partial charge in [0.15, 0.2) is 6.23 Å². The Morgan fingerprint density at radius 1 is 1.31 bits per heavy atom. The molecule has 186 valence electrons. The average Bonchev–Trinajstić information content (AvgIpc) is 2.88. The minimum absolute atomic E-state index is 0.0459. The smallest absolute Gasteiger partial charge is 0.359 e. The summed E-state index contributed by atoms with van der Waals surface area (Å²) in [6.07, 6.45) is -3.58. The van der Waals surface area contributed by atoms with Gasteiger partial charge in [-0.2, -0.15) is 0 Å². The minimum Gasteiger partial charge on any atom is -0.876 e. The second kappa shape index (κ2) is 12.4. The number of allylic oxidation sites excluding steroid dienone is 1. The molecule has 1 fully saturated rings. The highest BCUT2D eigenvalue weighted by Gasteiger charge is 2.43. The van der Waals surface area contributed by atoms with Crippen LogP contribution in [0.3, 0.4) is 0 Å². The van der Waals surface area contributed by atoms with Gasteiger partial charge in [0.25, 0.3) is 5.56 Å². The van der Waals surface area contributed by atoms with Crippen LogP contribution in [-0.2, 0) is 9.30 Å². The number of nitrogens with zero attached hydrogens (tertiary/aromatic N) is 2. The molecular formula is C17H32N3O11P. The highest BCUT2D eigenvalue weighted by Crippen LogP contribution is 2.39. The van der Waals surface area contributed by atoms with Crippen molar-refractivity contribution in [3.63, 3.8) is 0 Å². The Kier molecular flexibility index (Phi) is 11.7. The van der Waals surface area contributed by atoms with E-state index in [1.54, 1.807) is 21.1 Å². The molecule has 0 spiro atoms. The number of aliphatic hydroxyl groups is 4. The van der Waals surface area contributed by atoms with E-state index in [2.05, 4.69) is 6.58 Å². The number of hydrogen-bond donors (Lipinski definition) is 7. The van der Waals surface area contributed by atoms with Gasteiger partial charge in [-0.15, -0.1) is 12.3 Å². The van der Waals surface area contributed by atoms with E-state index in [-0.39, 0.29) is 12.3 Å². The third-order valence-corrected chi connectivity index (χ3v) is 4.68. The maximum Gasteiger partial charge on any atom is 0.359 e. The largest absolute Gasteiger partial charge is 0.876 e. The van der Waals surface area contributed by atoms with Crippen molar-refractivity contribution in [2.75, 3.05) is 34.3 Å². The van der Waals surface area contributed by atoms with Crippen LogP contribution in [0.1, 0.15) is 13.2 Å². The van der Waals surface area contributed by atoms with Gasteiger partial charge in [0.2, 0.25) is 5.85 Å². The van der Waals surface area contributed by atoms with E-state index in [9.17, 15) is 29.5 Å². The molecule has 15 heteroatoms. The summed E-state index contributed by atoms with van der Waals surface area (Å²) < 4.78 is 16.9. The molecule has 14 nitrogen and oxygen atoms in total. The number of aromatic nitrogens is 2. The monoisotopic (exact) mass is 485 g/mol. The quantitative estimate of drug-likeness (QED) is 0.122. The predicted octanol–water partition coefficient (Wildman–Crippen LogP) is -3.78. The first-order valence-electron chi connectivity index (χ1n) is 9.21. The van der Waals surface area contributed by atoms with Gasteiger partial charge >= 0.3 is 13.3 Å². The van der Waals surface area contributed by atoms with Crippen LogP contribution >= 0.6 is 7.60 Å². The minimum atomic E-state index is -4.31. The Labute approximate surface area is 184 Å². The van der Waals surface area contributed by atoms with Crippen LogP contribution in [-0.4, -0.2) is 103 Å². The zero-order valence-electron chi connectivity index (χ0n) is 18.2. The van der Waals surface area contributed by atoms with Crippen molar-refractivity contribution in [3.8, 4) is 0 Å². The second-order valence-electron chi connectivity index (χ2n) is 7.99. The summed E-state index contributed by atoms with van der Waals surface area (Å²) in [5, 5.41) is 46.3. The maximum atomic E-state index is 11.4. The number of likely N-dealkylation sites (N-methyl/N-ethyl adjacent to an activating group) is 1. The molecule has 1 aromatic heterocycles. The molecular weight excluding hydrogens is 453 g/mol. The van der Waals surface area contributed by atoms with Gasteiger partial charge in [-0.25, -0.2) is 4.79 Å². The number of rotatable bonds is 5. The molecule has 0 radical (unpaired) electrons. The van der Waals surface area contributed by atoms with Gasteiger partial charge < -0.3 is 44.5 Å². The summed E-state index contributed by atoms with van der Waals surface area (Å²) in [4.78, 5) is 41.3. The zero-order chi connectivity index (χ0) is 25.4. The highest BCUT2D eigenvalue weighted by atomic mass is 31.2. The van der Waals surface area contributed by atoms with Gasteiger partial charge in [0.05, 0.1) is 27.7 Å². The van der Waals surface area contributed by atoms with Crippen LogP contribution in [0.2, 0.25) is 0 Å². The summed E-state index contributed by atoms with van der Waals surface area (Å²) >= 11 is 0. The van der Waals surface area contributed by atoms with Crippen LogP contribution in [0.4, 0.5) is 0 Å². The number of H-pyrrole nitrogens is 1. The topological polar surface area (TPSA) is 226 Å². The fourth-order valence-corrected chi connectivity index (χ4v) is 3.04. The predicted molar refractivity (Wildman–Crippen MR) is 110 cm³/mol. The first-order chi connectivity index (χ1) is 14.4. The Morgan fingerprint density at radius 3 is 2.12 bits per heavy atom. The van der Waals surface area contributed by atoms with Crippen molar-refractivity contribution in [2.45, 2.75) is 37.3 Å². The summed E-state index contributed by atoms with van der Waals surface area (Å²) in [7, 11) is 0.933. The molecule has 5 atom stereocenters. The van der Waals surface area contributed by atoms with E-state index in [0.29, 0.717) is 4.48 Å². The fourth-order valence-electron chi connectivity index (χ4n) is 2.33. The molecule has 0 aromatic carbocycles. The number of aromatic amines is 1. The Morgan fingerprint density at radius 2 is 1.81 bits per heavy atom. The highest BCUT2D eigenvalue weighted by molar-refractivity contribution is 7.52. The molecule has 1 aliphatic heterocycles. The van der Waals surface area contributed by atoms with E-state index in [0.717, 1.165) is 16.8 Å². The van der Waals surface area contributed by atoms with Crippen molar-refractivity contribution in [3.05, 3.63) is 45.4 Å².